The Morgan fingerprint density at radius 2 is 1.92 bits per heavy atom. The van der Waals surface area contributed by atoms with Crippen LogP contribution >= 0.6 is 11.6 Å². The van der Waals surface area contributed by atoms with Crippen LogP contribution in [0.5, 0.6) is 5.75 Å². The smallest absolute Gasteiger partial charge is 0.226 e. The van der Waals surface area contributed by atoms with E-state index in [9.17, 15) is 4.79 Å². The van der Waals surface area contributed by atoms with Crippen molar-refractivity contribution in [2.75, 3.05) is 13.7 Å². The SMILES string of the molecule is COc1ccc2c(Cl)cc(CC3CCN(C4CCCCC4)C3=O)cc2c1. The molecule has 2 aromatic rings. The first kappa shape index (κ1) is 17.7. The Kier molecular flexibility index (Phi) is 5.08. The summed E-state index contributed by atoms with van der Waals surface area (Å²) in [4.78, 5) is 15.1. The van der Waals surface area contributed by atoms with Gasteiger partial charge in [0.2, 0.25) is 5.91 Å². The maximum absolute atomic E-state index is 12.9. The van der Waals surface area contributed by atoms with E-state index in [1.165, 1.54) is 32.1 Å². The van der Waals surface area contributed by atoms with Crippen molar-refractivity contribution in [1.82, 2.24) is 4.90 Å². The van der Waals surface area contributed by atoms with E-state index in [-0.39, 0.29) is 5.92 Å². The molecule has 0 aromatic heterocycles. The summed E-state index contributed by atoms with van der Waals surface area (Å²) < 4.78 is 5.33. The second kappa shape index (κ2) is 7.48. The number of methoxy groups -OCH3 is 1. The molecule has 4 rings (SSSR count). The molecule has 1 aliphatic carbocycles. The second-order valence-corrected chi connectivity index (χ2v) is 8.09. The number of benzene rings is 2. The summed E-state index contributed by atoms with van der Waals surface area (Å²) in [5, 5.41) is 2.84. The van der Waals surface area contributed by atoms with Crippen molar-refractivity contribution in [2.45, 2.75) is 51.0 Å². The third-order valence-electron chi connectivity index (χ3n) is 6.02. The summed E-state index contributed by atoms with van der Waals surface area (Å²) in [5.74, 6) is 1.26. The molecule has 1 heterocycles. The molecule has 1 atom stereocenters. The number of fused-ring (bicyclic) bond motifs is 1. The van der Waals surface area contributed by atoms with Crippen molar-refractivity contribution in [3.05, 3.63) is 40.9 Å². The number of nitrogens with zero attached hydrogens (tertiary/aromatic N) is 1. The molecule has 2 fully saturated rings. The zero-order valence-electron chi connectivity index (χ0n) is 15.3. The molecule has 1 aliphatic heterocycles. The highest BCUT2D eigenvalue weighted by Crippen LogP contribution is 2.33. The topological polar surface area (TPSA) is 29.5 Å². The van der Waals surface area contributed by atoms with E-state index >= 15 is 0 Å². The Morgan fingerprint density at radius 1 is 1.12 bits per heavy atom. The summed E-state index contributed by atoms with van der Waals surface area (Å²) in [6.07, 6.45) is 7.95. The Labute approximate surface area is 160 Å². The number of amides is 1. The Morgan fingerprint density at radius 3 is 2.69 bits per heavy atom. The van der Waals surface area contributed by atoms with Gasteiger partial charge in [0.25, 0.3) is 0 Å². The zero-order chi connectivity index (χ0) is 18.1. The van der Waals surface area contributed by atoms with Gasteiger partial charge < -0.3 is 9.64 Å². The Bertz CT molecular complexity index is 813. The summed E-state index contributed by atoms with van der Waals surface area (Å²) in [6.45, 7) is 0.920. The van der Waals surface area contributed by atoms with Gasteiger partial charge in [-0.05, 0) is 60.9 Å². The Hall–Kier alpha value is -1.74. The van der Waals surface area contributed by atoms with E-state index in [2.05, 4.69) is 11.0 Å². The van der Waals surface area contributed by atoms with Crippen LogP contribution in [0.15, 0.2) is 30.3 Å². The number of hydrogen-bond acceptors (Lipinski definition) is 2. The second-order valence-electron chi connectivity index (χ2n) is 7.68. The number of ether oxygens (including phenoxy) is 1. The van der Waals surface area contributed by atoms with Gasteiger partial charge in [-0.2, -0.15) is 0 Å². The lowest BCUT2D eigenvalue weighted by Crippen LogP contribution is -2.39. The highest BCUT2D eigenvalue weighted by Gasteiger charge is 2.36. The molecule has 26 heavy (non-hydrogen) atoms. The van der Waals surface area contributed by atoms with Crippen molar-refractivity contribution >= 4 is 28.3 Å². The number of hydrogen-bond donors (Lipinski definition) is 0. The number of likely N-dealkylation sites (tertiary alicyclic amines) is 1. The third-order valence-corrected chi connectivity index (χ3v) is 6.33. The standard InChI is InChI=1S/C22H26ClNO2/c1-26-19-7-8-20-17(14-19)12-15(13-21(20)23)11-16-9-10-24(22(16)25)18-5-3-2-4-6-18/h7-8,12-14,16,18H,2-6,9-11H2,1H3. The van der Waals surface area contributed by atoms with Gasteiger partial charge in [0, 0.05) is 28.9 Å². The van der Waals surface area contributed by atoms with Crippen molar-refractivity contribution in [3.8, 4) is 5.75 Å². The third kappa shape index (κ3) is 3.42. The lowest BCUT2D eigenvalue weighted by Gasteiger charge is -2.31. The van der Waals surface area contributed by atoms with Crippen LogP contribution in [0.1, 0.15) is 44.1 Å². The minimum absolute atomic E-state index is 0.0936. The summed E-state index contributed by atoms with van der Waals surface area (Å²) in [7, 11) is 1.67. The molecule has 1 saturated heterocycles. The van der Waals surface area contributed by atoms with Gasteiger partial charge in [-0.1, -0.05) is 36.9 Å². The largest absolute Gasteiger partial charge is 0.497 e. The molecule has 2 aliphatic rings. The number of rotatable bonds is 4. The molecule has 0 N–H and O–H groups in total. The fourth-order valence-electron chi connectivity index (χ4n) is 4.60. The fraction of sp³-hybridized carbons (Fsp3) is 0.500. The van der Waals surface area contributed by atoms with Gasteiger partial charge in [-0.15, -0.1) is 0 Å². The monoisotopic (exact) mass is 371 g/mol. The van der Waals surface area contributed by atoms with Crippen LogP contribution in [0.4, 0.5) is 0 Å². The average Bonchev–Trinajstić information content (AvgIpc) is 3.02. The predicted molar refractivity (Wildman–Crippen MR) is 106 cm³/mol. The molecule has 4 heteroatoms. The van der Waals surface area contributed by atoms with E-state index in [1.807, 2.05) is 24.3 Å². The van der Waals surface area contributed by atoms with E-state index in [4.69, 9.17) is 16.3 Å². The van der Waals surface area contributed by atoms with Crippen LogP contribution in [0.25, 0.3) is 10.8 Å². The van der Waals surface area contributed by atoms with Gasteiger partial charge in [0.15, 0.2) is 0 Å². The van der Waals surface area contributed by atoms with Crippen molar-refractivity contribution in [3.63, 3.8) is 0 Å². The molecule has 3 nitrogen and oxygen atoms in total. The number of carbonyl (C=O) groups is 1. The fourth-order valence-corrected chi connectivity index (χ4v) is 4.91. The first-order chi connectivity index (χ1) is 12.7. The van der Waals surface area contributed by atoms with Crippen LogP contribution in [0.2, 0.25) is 5.02 Å². The highest BCUT2D eigenvalue weighted by molar-refractivity contribution is 6.35. The van der Waals surface area contributed by atoms with Crippen molar-refractivity contribution in [2.24, 2.45) is 5.92 Å². The molecule has 1 saturated carbocycles. The lowest BCUT2D eigenvalue weighted by atomic mass is 9.93. The maximum atomic E-state index is 12.9. The lowest BCUT2D eigenvalue weighted by molar-refractivity contribution is -0.133. The highest BCUT2D eigenvalue weighted by atomic mass is 35.5. The molecule has 2 aromatic carbocycles. The molecule has 0 spiro atoms. The van der Waals surface area contributed by atoms with Gasteiger partial charge in [0.1, 0.15) is 5.75 Å². The molecular formula is C22H26ClNO2. The molecule has 138 valence electrons. The van der Waals surface area contributed by atoms with Crippen LogP contribution in [0, 0.1) is 5.92 Å². The van der Waals surface area contributed by atoms with Crippen molar-refractivity contribution < 1.29 is 9.53 Å². The van der Waals surface area contributed by atoms with E-state index in [0.29, 0.717) is 11.9 Å². The van der Waals surface area contributed by atoms with Crippen LogP contribution in [-0.2, 0) is 11.2 Å². The molecule has 0 radical (unpaired) electrons. The first-order valence-electron chi connectivity index (χ1n) is 9.72. The van der Waals surface area contributed by atoms with Crippen molar-refractivity contribution in [1.29, 1.82) is 0 Å². The predicted octanol–water partition coefficient (Wildman–Crippen LogP) is 5.23. The van der Waals surface area contributed by atoms with Gasteiger partial charge in [0.05, 0.1) is 7.11 Å². The van der Waals surface area contributed by atoms with Gasteiger partial charge in [-0.25, -0.2) is 0 Å². The summed E-state index contributed by atoms with van der Waals surface area (Å²) >= 11 is 6.49. The van der Waals surface area contributed by atoms with E-state index in [1.54, 1.807) is 7.11 Å². The van der Waals surface area contributed by atoms with Gasteiger partial charge >= 0.3 is 0 Å². The molecular weight excluding hydrogens is 346 g/mol. The molecule has 1 unspecified atom stereocenters. The minimum atomic E-state index is 0.0936. The van der Waals surface area contributed by atoms with Crippen LogP contribution < -0.4 is 4.74 Å². The maximum Gasteiger partial charge on any atom is 0.226 e. The van der Waals surface area contributed by atoms with E-state index < -0.39 is 0 Å². The van der Waals surface area contributed by atoms with Crippen LogP contribution in [0.3, 0.4) is 0 Å². The van der Waals surface area contributed by atoms with Gasteiger partial charge in [-0.3, -0.25) is 4.79 Å². The molecule has 1 amide bonds. The number of halogens is 1. The first-order valence-corrected chi connectivity index (χ1v) is 10.1. The number of carbonyl (C=O) groups excluding carboxylic acids is 1. The zero-order valence-corrected chi connectivity index (χ0v) is 16.1. The summed E-state index contributed by atoms with van der Waals surface area (Å²) in [5.41, 5.74) is 1.14. The normalized spacial score (nSPS) is 21.5. The Balaban J connectivity index is 1.52. The van der Waals surface area contributed by atoms with Crippen LogP contribution in [-0.4, -0.2) is 30.5 Å². The quantitative estimate of drug-likeness (QED) is 0.736. The molecule has 0 bridgehead atoms. The van der Waals surface area contributed by atoms with E-state index in [0.717, 1.165) is 46.5 Å². The summed E-state index contributed by atoms with van der Waals surface area (Å²) in [6, 6.07) is 10.6. The minimum Gasteiger partial charge on any atom is -0.497 e. The average molecular weight is 372 g/mol.